The van der Waals surface area contributed by atoms with Crippen molar-refractivity contribution in [1.82, 2.24) is 14.8 Å². The van der Waals surface area contributed by atoms with E-state index in [1.54, 1.807) is 26.0 Å². The van der Waals surface area contributed by atoms with Crippen molar-refractivity contribution in [2.24, 2.45) is 0 Å². The molecule has 118 valence electrons. The highest BCUT2D eigenvalue weighted by atomic mass is 19.1. The maximum Gasteiger partial charge on any atom is 0.312 e. The zero-order chi connectivity index (χ0) is 16.6. The smallest absolute Gasteiger partial charge is 0.312 e. The third-order valence-electron chi connectivity index (χ3n) is 3.48. The lowest BCUT2D eigenvalue weighted by molar-refractivity contribution is -0.386. The predicted octanol–water partition coefficient (Wildman–Crippen LogP) is 3.25. The van der Waals surface area contributed by atoms with E-state index < -0.39 is 4.92 Å². The molecule has 23 heavy (non-hydrogen) atoms. The molecule has 0 saturated carbocycles. The van der Waals surface area contributed by atoms with Gasteiger partial charge >= 0.3 is 5.69 Å². The average Bonchev–Trinajstić information content (AvgIpc) is 3.05. The van der Waals surface area contributed by atoms with Gasteiger partial charge < -0.3 is 4.42 Å². The number of nitrogens with zero attached hydrogens (tertiary/aromatic N) is 4. The van der Waals surface area contributed by atoms with Crippen LogP contribution in [-0.2, 0) is 6.54 Å². The number of aryl methyl sites for hydroxylation is 1. The molecule has 0 saturated heterocycles. The standard InChI is InChI=1S/C15H13FN4O3/c1-9-14(20(21)22)10(2)19(18-9)7-13-8-23-15(17-13)11-3-5-12(16)6-4-11/h3-6,8H,7H2,1-2H3. The highest BCUT2D eigenvalue weighted by molar-refractivity contribution is 5.52. The fourth-order valence-electron chi connectivity index (χ4n) is 2.36. The van der Waals surface area contributed by atoms with Crippen molar-refractivity contribution in [3.63, 3.8) is 0 Å². The summed E-state index contributed by atoms with van der Waals surface area (Å²) in [5.41, 5.74) is 2.04. The first-order chi connectivity index (χ1) is 11.0. The Bertz CT molecular complexity index is 867. The van der Waals surface area contributed by atoms with E-state index in [9.17, 15) is 14.5 Å². The molecule has 1 aromatic carbocycles. The summed E-state index contributed by atoms with van der Waals surface area (Å²) in [6, 6.07) is 5.78. The molecule has 0 amide bonds. The number of aromatic nitrogens is 3. The van der Waals surface area contributed by atoms with Crippen LogP contribution in [0.5, 0.6) is 0 Å². The zero-order valence-corrected chi connectivity index (χ0v) is 12.5. The minimum Gasteiger partial charge on any atom is -0.444 e. The fourth-order valence-corrected chi connectivity index (χ4v) is 2.36. The minimum absolute atomic E-state index is 0.00672. The third kappa shape index (κ3) is 2.83. The predicted molar refractivity (Wildman–Crippen MR) is 79.4 cm³/mol. The molecule has 0 spiro atoms. The Hall–Kier alpha value is -3.03. The number of hydrogen-bond donors (Lipinski definition) is 0. The van der Waals surface area contributed by atoms with Crippen LogP contribution in [0.4, 0.5) is 10.1 Å². The first-order valence-electron chi connectivity index (χ1n) is 6.84. The number of benzene rings is 1. The maximum absolute atomic E-state index is 12.9. The second-order valence-electron chi connectivity index (χ2n) is 5.09. The topological polar surface area (TPSA) is 87.0 Å². The second kappa shape index (κ2) is 5.64. The Labute approximate surface area is 130 Å². The molecule has 0 bridgehead atoms. The monoisotopic (exact) mass is 316 g/mol. The van der Waals surface area contributed by atoms with Gasteiger partial charge in [-0.3, -0.25) is 14.8 Å². The van der Waals surface area contributed by atoms with Gasteiger partial charge in [0.05, 0.1) is 11.5 Å². The Kier molecular flexibility index (Phi) is 3.65. The van der Waals surface area contributed by atoms with E-state index in [-0.39, 0.29) is 18.0 Å². The molecule has 0 aliphatic heterocycles. The molecular formula is C15H13FN4O3. The van der Waals surface area contributed by atoms with Gasteiger partial charge in [-0.2, -0.15) is 5.10 Å². The molecule has 2 aromatic heterocycles. The first kappa shape index (κ1) is 14.9. The lowest BCUT2D eigenvalue weighted by Gasteiger charge is -1.99. The summed E-state index contributed by atoms with van der Waals surface area (Å²) in [4.78, 5) is 14.9. The van der Waals surface area contributed by atoms with E-state index in [1.807, 2.05) is 0 Å². The van der Waals surface area contributed by atoms with Gasteiger partial charge in [0.15, 0.2) is 0 Å². The molecule has 0 aliphatic carbocycles. The van der Waals surface area contributed by atoms with E-state index in [1.165, 1.54) is 23.1 Å². The Morgan fingerprint density at radius 1 is 1.30 bits per heavy atom. The van der Waals surface area contributed by atoms with Crippen molar-refractivity contribution in [1.29, 1.82) is 0 Å². The average molecular weight is 316 g/mol. The summed E-state index contributed by atoms with van der Waals surface area (Å²) in [6.45, 7) is 3.48. The van der Waals surface area contributed by atoms with Crippen molar-refractivity contribution < 1.29 is 13.7 Å². The zero-order valence-electron chi connectivity index (χ0n) is 12.5. The second-order valence-corrected chi connectivity index (χ2v) is 5.09. The molecule has 0 N–H and O–H groups in total. The van der Waals surface area contributed by atoms with Crippen molar-refractivity contribution in [3.05, 3.63) is 63.5 Å². The highest BCUT2D eigenvalue weighted by Gasteiger charge is 2.22. The van der Waals surface area contributed by atoms with E-state index in [2.05, 4.69) is 10.1 Å². The first-order valence-corrected chi connectivity index (χ1v) is 6.84. The van der Waals surface area contributed by atoms with Gasteiger partial charge in [0.2, 0.25) is 5.89 Å². The fraction of sp³-hybridized carbons (Fsp3) is 0.200. The van der Waals surface area contributed by atoms with Gasteiger partial charge in [-0.15, -0.1) is 0 Å². The quantitative estimate of drug-likeness (QED) is 0.544. The molecule has 3 aromatic rings. The van der Waals surface area contributed by atoms with E-state index in [4.69, 9.17) is 4.42 Å². The van der Waals surface area contributed by atoms with Gasteiger partial charge in [0.25, 0.3) is 0 Å². The third-order valence-corrected chi connectivity index (χ3v) is 3.48. The van der Waals surface area contributed by atoms with Crippen molar-refractivity contribution in [3.8, 4) is 11.5 Å². The Morgan fingerprint density at radius 2 is 2.00 bits per heavy atom. The molecule has 7 nitrogen and oxygen atoms in total. The van der Waals surface area contributed by atoms with Gasteiger partial charge in [-0.1, -0.05) is 0 Å². The lowest BCUT2D eigenvalue weighted by atomic mass is 10.2. The van der Waals surface area contributed by atoms with Crippen LogP contribution in [-0.4, -0.2) is 19.7 Å². The summed E-state index contributed by atoms with van der Waals surface area (Å²) >= 11 is 0. The number of oxazole rings is 1. The summed E-state index contributed by atoms with van der Waals surface area (Å²) in [5, 5.41) is 15.2. The van der Waals surface area contributed by atoms with Gasteiger partial charge in [-0.25, -0.2) is 9.37 Å². The number of halogens is 1. The molecule has 2 heterocycles. The lowest BCUT2D eigenvalue weighted by Crippen LogP contribution is -2.04. The Balaban J connectivity index is 1.86. The van der Waals surface area contributed by atoms with Gasteiger partial charge in [0, 0.05) is 5.56 Å². The maximum atomic E-state index is 12.9. The SMILES string of the molecule is Cc1nn(Cc2coc(-c3ccc(F)cc3)n2)c(C)c1[N+](=O)[O-]. The van der Waals surface area contributed by atoms with Crippen LogP contribution < -0.4 is 0 Å². The molecule has 8 heteroatoms. The number of hydrogen-bond acceptors (Lipinski definition) is 5. The molecule has 3 rings (SSSR count). The van der Waals surface area contributed by atoms with Crippen LogP contribution in [0, 0.1) is 29.8 Å². The van der Waals surface area contributed by atoms with E-state index >= 15 is 0 Å². The minimum atomic E-state index is -0.444. The van der Waals surface area contributed by atoms with Crippen LogP contribution in [0.1, 0.15) is 17.1 Å². The van der Waals surface area contributed by atoms with Crippen molar-refractivity contribution in [2.45, 2.75) is 20.4 Å². The summed E-state index contributed by atoms with van der Waals surface area (Å²) in [7, 11) is 0. The van der Waals surface area contributed by atoms with Gasteiger partial charge in [-0.05, 0) is 38.1 Å². The van der Waals surface area contributed by atoms with Crippen molar-refractivity contribution >= 4 is 5.69 Å². The van der Waals surface area contributed by atoms with Crippen LogP contribution in [0.25, 0.3) is 11.5 Å². The van der Waals surface area contributed by atoms with E-state index in [0.29, 0.717) is 28.5 Å². The van der Waals surface area contributed by atoms with Crippen molar-refractivity contribution in [2.75, 3.05) is 0 Å². The molecule has 0 atom stereocenters. The molecule has 0 aliphatic rings. The van der Waals surface area contributed by atoms with E-state index in [0.717, 1.165) is 0 Å². The molecule has 0 unspecified atom stereocenters. The number of rotatable bonds is 4. The normalized spacial score (nSPS) is 10.9. The van der Waals surface area contributed by atoms with Crippen LogP contribution in [0.3, 0.4) is 0 Å². The van der Waals surface area contributed by atoms with Crippen LogP contribution in [0.2, 0.25) is 0 Å². The largest absolute Gasteiger partial charge is 0.444 e. The van der Waals surface area contributed by atoms with Crippen LogP contribution in [0.15, 0.2) is 34.9 Å². The Morgan fingerprint density at radius 3 is 2.61 bits per heavy atom. The van der Waals surface area contributed by atoms with Crippen LogP contribution >= 0.6 is 0 Å². The number of nitro groups is 1. The van der Waals surface area contributed by atoms with Gasteiger partial charge in [0.1, 0.15) is 29.2 Å². The summed E-state index contributed by atoms with van der Waals surface area (Å²) in [6.07, 6.45) is 1.46. The summed E-state index contributed by atoms with van der Waals surface area (Å²) < 4.78 is 19.8. The highest BCUT2D eigenvalue weighted by Crippen LogP contribution is 2.23. The summed E-state index contributed by atoms with van der Waals surface area (Å²) in [5.74, 6) is 0.0199. The molecular weight excluding hydrogens is 303 g/mol. The molecule has 0 fully saturated rings. The molecule has 0 radical (unpaired) electrons.